The van der Waals surface area contributed by atoms with E-state index < -0.39 is 0 Å². The molecule has 0 saturated heterocycles. The van der Waals surface area contributed by atoms with Crippen molar-refractivity contribution in [2.45, 2.75) is 6.92 Å². The van der Waals surface area contributed by atoms with Crippen LogP contribution in [0.4, 0.5) is 4.39 Å². The van der Waals surface area contributed by atoms with Crippen LogP contribution in [0.1, 0.15) is 11.3 Å². The molecule has 0 saturated carbocycles. The van der Waals surface area contributed by atoms with Gasteiger partial charge in [-0.1, -0.05) is 0 Å². The van der Waals surface area contributed by atoms with Crippen molar-refractivity contribution in [1.29, 1.82) is 5.41 Å². The molecule has 1 aromatic heterocycles. The minimum absolute atomic E-state index is 0.125. The minimum Gasteiger partial charge on any atom is -0.438 e. The monoisotopic (exact) mass is 245 g/mol. The standard InChI is InChI=1S/C13H12FN3O/c1-8-2-7-11(12(15)16)13(17-8)18-10-5-3-9(14)4-6-10/h2-7H,1H3,(H3,15,16). The zero-order chi connectivity index (χ0) is 13.1. The summed E-state index contributed by atoms with van der Waals surface area (Å²) in [5.41, 5.74) is 6.60. The quantitative estimate of drug-likeness (QED) is 0.645. The summed E-state index contributed by atoms with van der Waals surface area (Å²) in [7, 11) is 0. The number of aromatic nitrogens is 1. The second-order valence-corrected chi connectivity index (χ2v) is 3.78. The van der Waals surface area contributed by atoms with Crippen molar-refractivity contribution in [2.75, 3.05) is 0 Å². The molecule has 2 aromatic rings. The van der Waals surface area contributed by atoms with Gasteiger partial charge in [-0.05, 0) is 43.3 Å². The van der Waals surface area contributed by atoms with Crippen LogP contribution in [0.5, 0.6) is 11.6 Å². The van der Waals surface area contributed by atoms with Crippen molar-refractivity contribution in [2.24, 2.45) is 5.73 Å². The zero-order valence-corrected chi connectivity index (χ0v) is 9.77. The van der Waals surface area contributed by atoms with Crippen LogP contribution >= 0.6 is 0 Å². The fourth-order valence-corrected chi connectivity index (χ4v) is 1.43. The average Bonchev–Trinajstić information content (AvgIpc) is 2.32. The highest BCUT2D eigenvalue weighted by Crippen LogP contribution is 2.23. The van der Waals surface area contributed by atoms with Crippen molar-refractivity contribution < 1.29 is 9.13 Å². The summed E-state index contributed by atoms with van der Waals surface area (Å²) < 4.78 is 18.3. The zero-order valence-electron chi connectivity index (χ0n) is 9.77. The lowest BCUT2D eigenvalue weighted by Gasteiger charge is -2.09. The molecule has 0 radical (unpaired) electrons. The molecule has 3 N–H and O–H groups in total. The first-order valence-corrected chi connectivity index (χ1v) is 5.32. The summed E-state index contributed by atoms with van der Waals surface area (Å²) in [4.78, 5) is 4.18. The number of nitrogens with two attached hydrogens (primary N) is 1. The van der Waals surface area contributed by atoms with Gasteiger partial charge >= 0.3 is 0 Å². The molecule has 4 nitrogen and oxygen atoms in total. The van der Waals surface area contributed by atoms with Crippen LogP contribution in [0.25, 0.3) is 0 Å². The highest BCUT2D eigenvalue weighted by Gasteiger charge is 2.09. The fraction of sp³-hybridized carbons (Fsp3) is 0.0769. The first-order valence-electron chi connectivity index (χ1n) is 5.32. The number of rotatable bonds is 3. The predicted octanol–water partition coefficient (Wildman–Crippen LogP) is 2.61. The van der Waals surface area contributed by atoms with Gasteiger partial charge in [-0.25, -0.2) is 9.37 Å². The highest BCUT2D eigenvalue weighted by molar-refractivity contribution is 5.97. The molecule has 1 aromatic carbocycles. The van der Waals surface area contributed by atoms with E-state index in [1.165, 1.54) is 24.3 Å². The maximum absolute atomic E-state index is 12.8. The van der Waals surface area contributed by atoms with Crippen LogP contribution < -0.4 is 10.5 Å². The molecule has 0 aliphatic carbocycles. The third kappa shape index (κ3) is 2.63. The number of nitrogens with one attached hydrogen (secondary N) is 1. The van der Waals surface area contributed by atoms with E-state index in [9.17, 15) is 4.39 Å². The van der Waals surface area contributed by atoms with E-state index in [0.29, 0.717) is 11.3 Å². The van der Waals surface area contributed by atoms with Crippen molar-refractivity contribution in [3.8, 4) is 11.6 Å². The van der Waals surface area contributed by atoms with Gasteiger partial charge in [0, 0.05) is 5.69 Å². The van der Waals surface area contributed by atoms with Crippen molar-refractivity contribution in [3.05, 3.63) is 53.5 Å². The van der Waals surface area contributed by atoms with E-state index in [2.05, 4.69) is 4.98 Å². The lowest BCUT2D eigenvalue weighted by Crippen LogP contribution is -2.13. The lowest BCUT2D eigenvalue weighted by molar-refractivity contribution is 0.459. The number of amidine groups is 1. The molecule has 0 aliphatic heterocycles. The number of hydrogen-bond acceptors (Lipinski definition) is 3. The Morgan fingerprint density at radius 3 is 2.50 bits per heavy atom. The van der Waals surface area contributed by atoms with Gasteiger partial charge in [0.15, 0.2) is 0 Å². The van der Waals surface area contributed by atoms with Crippen LogP contribution in [0, 0.1) is 18.2 Å². The van der Waals surface area contributed by atoms with Crippen LogP contribution in [0.2, 0.25) is 0 Å². The first kappa shape index (κ1) is 12.0. The normalized spacial score (nSPS) is 10.1. The number of hydrogen-bond donors (Lipinski definition) is 2. The molecule has 0 fully saturated rings. The largest absolute Gasteiger partial charge is 0.438 e. The number of ether oxygens (including phenoxy) is 1. The van der Waals surface area contributed by atoms with Crippen molar-refractivity contribution >= 4 is 5.84 Å². The Bertz CT molecular complexity index is 581. The number of nitrogens with zero attached hydrogens (tertiary/aromatic N) is 1. The molecule has 0 atom stereocenters. The van der Waals surface area contributed by atoms with Crippen LogP contribution in [0.15, 0.2) is 36.4 Å². The molecule has 0 aliphatic rings. The summed E-state index contributed by atoms with van der Waals surface area (Å²) in [5.74, 6) is 0.220. The van der Waals surface area contributed by atoms with Crippen LogP contribution in [0.3, 0.4) is 0 Å². The minimum atomic E-state index is -0.341. The Morgan fingerprint density at radius 2 is 1.89 bits per heavy atom. The molecule has 1 heterocycles. The summed E-state index contributed by atoms with van der Waals surface area (Å²) in [6.07, 6.45) is 0. The van der Waals surface area contributed by atoms with E-state index in [4.69, 9.17) is 15.9 Å². The van der Waals surface area contributed by atoms with Gasteiger partial charge < -0.3 is 10.5 Å². The van der Waals surface area contributed by atoms with Gasteiger partial charge in [0.1, 0.15) is 17.4 Å². The maximum Gasteiger partial charge on any atom is 0.230 e. The molecular weight excluding hydrogens is 233 g/mol. The van der Waals surface area contributed by atoms with Gasteiger partial charge in [-0.3, -0.25) is 5.41 Å². The number of aryl methyl sites for hydroxylation is 1. The average molecular weight is 245 g/mol. The van der Waals surface area contributed by atoms with E-state index in [-0.39, 0.29) is 17.5 Å². The topological polar surface area (TPSA) is 72.0 Å². The fourth-order valence-electron chi connectivity index (χ4n) is 1.43. The van der Waals surface area contributed by atoms with Crippen molar-refractivity contribution in [1.82, 2.24) is 4.98 Å². The highest BCUT2D eigenvalue weighted by atomic mass is 19.1. The Hall–Kier alpha value is -2.43. The molecule has 92 valence electrons. The van der Waals surface area contributed by atoms with E-state index in [1.807, 2.05) is 0 Å². The molecular formula is C13H12FN3O. The molecule has 0 amide bonds. The van der Waals surface area contributed by atoms with E-state index >= 15 is 0 Å². The second kappa shape index (κ2) is 4.83. The summed E-state index contributed by atoms with van der Waals surface area (Å²) in [6, 6.07) is 8.97. The lowest BCUT2D eigenvalue weighted by atomic mass is 10.2. The van der Waals surface area contributed by atoms with Crippen LogP contribution in [-0.4, -0.2) is 10.8 Å². The molecule has 0 spiro atoms. The van der Waals surface area contributed by atoms with Crippen molar-refractivity contribution in [3.63, 3.8) is 0 Å². The second-order valence-electron chi connectivity index (χ2n) is 3.78. The summed E-state index contributed by atoms with van der Waals surface area (Å²) in [5, 5.41) is 7.44. The molecule has 5 heteroatoms. The van der Waals surface area contributed by atoms with Gasteiger partial charge in [-0.15, -0.1) is 0 Å². The first-order chi connectivity index (χ1) is 8.56. The third-order valence-electron chi connectivity index (χ3n) is 2.32. The number of benzene rings is 1. The molecule has 18 heavy (non-hydrogen) atoms. The third-order valence-corrected chi connectivity index (χ3v) is 2.32. The maximum atomic E-state index is 12.8. The summed E-state index contributed by atoms with van der Waals surface area (Å²) in [6.45, 7) is 1.81. The SMILES string of the molecule is Cc1ccc(C(=N)N)c(Oc2ccc(F)cc2)n1. The molecule has 2 rings (SSSR count). The Balaban J connectivity index is 2.35. The van der Waals surface area contributed by atoms with E-state index in [0.717, 1.165) is 5.69 Å². The number of halogens is 1. The van der Waals surface area contributed by atoms with Gasteiger partial charge in [-0.2, -0.15) is 0 Å². The van der Waals surface area contributed by atoms with Gasteiger partial charge in [0.05, 0.1) is 5.56 Å². The van der Waals surface area contributed by atoms with Crippen LogP contribution in [-0.2, 0) is 0 Å². The smallest absolute Gasteiger partial charge is 0.230 e. The number of nitrogen functional groups attached to an aromatic ring is 1. The molecule has 0 unspecified atom stereocenters. The molecule has 0 bridgehead atoms. The van der Waals surface area contributed by atoms with E-state index in [1.54, 1.807) is 19.1 Å². The Morgan fingerprint density at radius 1 is 1.22 bits per heavy atom. The van der Waals surface area contributed by atoms with Gasteiger partial charge in [0.2, 0.25) is 5.88 Å². The van der Waals surface area contributed by atoms with Gasteiger partial charge in [0.25, 0.3) is 0 Å². The number of pyridine rings is 1. The Labute approximate surface area is 104 Å². The Kier molecular flexibility index (Phi) is 3.23. The summed E-state index contributed by atoms with van der Waals surface area (Å²) >= 11 is 0. The predicted molar refractivity (Wildman–Crippen MR) is 66.5 cm³/mol.